The molecule has 1 aromatic rings. The van der Waals surface area contributed by atoms with E-state index in [4.69, 9.17) is 4.74 Å². The van der Waals surface area contributed by atoms with E-state index in [1.165, 1.54) is 6.42 Å². The molecule has 0 radical (unpaired) electrons. The molecule has 2 heteroatoms. The lowest BCUT2D eigenvalue weighted by Gasteiger charge is -2.19. The van der Waals surface area contributed by atoms with Gasteiger partial charge in [0, 0.05) is 16.9 Å². The molecule has 1 aromatic carbocycles. The van der Waals surface area contributed by atoms with Gasteiger partial charge in [-0.3, -0.25) is 4.79 Å². The maximum atomic E-state index is 12.5. The number of benzene rings is 1. The third-order valence-corrected chi connectivity index (χ3v) is 5.30. The number of ether oxygens (including phenoxy) is 1. The van der Waals surface area contributed by atoms with Gasteiger partial charge in [-0.2, -0.15) is 0 Å². The Balaban J connectivity index is 1.98. The quantitative estimate of drug-likeness (QED) is 0.777. The van der Waals surface area contributed by atoms with Crippen LogP contribution >= 0.6 is 0 Å². The summed E-state index contributed by atoms with van der Waals surface area (Å²) in [6, 6.07) is 7.93. The van der Waals surface area contributed by atoms with Gasteiger partial charge in [0.25, 0.3) is 0 Å². The van der Waals surface area contributed by atoms with E-state index in [-0.39, 0.29) is 11.3 Å². The molecule has 2 saturated carbocycles. The number of methoxy groups -OCH3 is 1. The van der Waals surface area contributed by atoms with Gasteiger partial charge in [-0.05, 0) is 42.0 Å². The largest absolute Gasteiger partial charge is 0.497 e. The van der Waals surface area contributed by atoms with E-state index in [1.807, 2.05) is 24.3 Å². The van der Waals surface area contributed by atoms with Gasteiger partial charge in [-0.25, -0.2) is 0 Å². The molecule has 3 atom stereocenters. The number of carbonyl (C=O) groups is 1. The number of ketones is 1. The van der Waals surface area contributed by atoms with Crippen molar-refractivity contribution in [3.8, 4) is 5.75 Å². The van der Waals surface area contributed by atoms with E-state index in [0.717, 1.165) is 16.9 Å². The molecule has 0 N–H and O–H groups in total. The highest BCUT2D eigenvalue weighted by molar-refractivity contribution is 6.06. The fourth-order valence-electron chi connectivity index (χ4n) is 3.94. The van der Waals surface area contributed by atoms with Crippen molar-refractivity contribution in [1.29, 1.82) is 0 Å². The molecule has 3 rings (SSSR count). The Bertz CT molecular complexity index is 568. The Hall–Kier alpha value is -1.57. The van der Waals surface area contributed by atoms with Crippen molar-refractivity contribution < 1.29 is 9.53 Å². The average Bonchev–Trinajstić information content (AvgIpc) is 3.16. The summed E-state index contributed by atoms with van der Waals surface area (Å²) in [7, 11) is 1.66. The van der Waals surface area contributed by atoms with E-state index in [0.29, 0.717) is 17.6 Å². The Morgan fingerprint density at radius 3 is 2.50 bits per heavy atom. The number of carbonyl (C=O) groups excluding carboxylic acids is 1. The van der Waals surface area contributed by atoms with Crippen molar-refractivity contribution in [2.75, 3.05) is 7.11 Å². The predicted octanol–water partition coefficient (Wildman–Crippen LogP) is 3.96. The number of hydrogen-bond donors (Lipinski definition) is 0. The third-order valence-electron chi connectivity index (χ3n) is 5.30. The molecule has 3 unspecified atom stereocenters. The highest BCUT2D eigenvalue weighted by Gasteiger charge is 2.67. The summed E-state index contributed by atoms with van der Waals surface area (Å²) >= 11 is 0. The van der Waals surface area contributed by atoms with Crippen molar-refractivity contribution in [3.63, 3.8) is 0 Å². The van der Waals surface area contributed by atoms with Crippen molar-refractivity contribution in [2.45, 2.75) is 27.2 Å². The zero-order valence-electron chi connectivity index (χ0n) is 12.6. The molecule has 106 valence electrons. The fraction of sp³-hybridized carbons (Fsp3) is 0.500. The zero-order chi connectivity index (χ0) is 14.5. The van der Waals surface area contributed by atoms with E-state index >= 15 is 0 Å². The first-order valence-electron chi connectivity index (χ1n) is 7.41. The number of Topliss-reactive ketones (excluding diaryl/α,β-unsaturated/α-hetero) is 1. The third kappa shape index (κ3) is 1.74. The van der Waals surface area contributed by atoms with Gasteiger partial charge in [-0.15, -0.1) is 0 Å². The molecule has 2 nitrogen and oxygen atoms in total. The monoisotopic (exact) mass is 270 g/mol. The number of hydrogen-bond acceptors (Lipinski definition) is 2. The van der Waals surface area contributed by atoms with Gasteiger partial charge in [0.15, 0.2) is 5.78 Å². The Labute approximate surface area is 120 Å². The van der Waals surface area contributed by atoms with Gasteiger partial charge in [0.1, 0.15) is 5.75 Å². The molecule has 0 saturated heterocycles. The van der Waals surface area contributed by atoms with Crippen LogP contribution in [0, 0.1) is 23.2 Å². The van der Waals surface area contributed by atoms with E-state index in [9.17, 15) is 4.79 Å². The van der Waals surface area contributed by atoms with Gasteiger partial charge in [0.2, 0.25) is 0 Å². The molecule has 20 heavy (non-hydrogen) atoms. The van der Waals surface area contributed by atoms with Crippen LogP contribution in [0.25, 0.3) is 6.08 Å². The SMILES string of the molecule is COc1ccc(/C=C2\C(=O)C(C)C3CC23C(C)C)cc1. The second-order valence-corrected chi connectivity index (χ2v) is 6.49. The smallest absolute Gasteiger partial charge is 0.162 e. The molecule has 0 heterocycles. The maximum Gasteiger partial charge on any atom is 0.162 e. The average molecular weight is 270 g/mol. The van der Waals surface area contributed by atoms with E-state index in [1.54, 1.807) is 7.11 Å². The summed E-state index contributed by atoms with van der Waals surface area (Å²) in [4.78, 5) is 12.5. The molecule has 0 amide bonds. The summed E-state index contributed by atoms with van der Waals surface area (Å²) < 4.78 is 5.18. The molecule has 0 spiro atoms. The second-order valence-electron chi connectivity index (χ2n) is 6.49. The zero-order valence-corrected chi connectivity index (χ0v) is 12.6. The van der Waals surface area contributed by atoms with Crippen LogP contribution in [-0.4, -0.2) is 12.9 Å². The van der Waals surface area contributed by atoms with Crippen molar-refractivity contribution in [1.82, 2.24) is 0 Å². The van der Waals surface area contributed by atoms with E-state index < -0.39 is 0 Å². The van der Waals surface area contributed by atoms with Crippen LogP contribution in [0.5, 0.6) is 5.75 Å². The first-order chi connectivity index (χ1) is 9.50. The van der Waals surface area contributed by atoms with Crippen LogP contribution in [0.4, 0.5) is 0 Å². The highest BCUT2D eigenvalue weighted by Crippen LogP contribution is 2.71. The van der Waals surface area contributed by atoms with Crippen molar-refractivity contribution in [3.05, 3.63) is 35.4 Å². The lowest BCUT2D eigenvalue weighted by molar-refractivity contribution is -0.118. The van der Waals surface area contributed by atoms with Gasteiger partial charge < -0.3 is 4.74 Å². The predicted molar refractivity (Wildman–Crippen MR) is 80.5 cm³/mol. The van der Waals surface area contributed by atoms with Crippen LogP contribution in [0.15, 0.2) is 29.8 Å². The Morgan fingerprint density at radius 2 is 1.95 bits per heavy atom. The molecule has 0 aromatic heterocycles. The van der Waals surface area contributed by atoms with Crippen LogP contribution in [-0.2, 0) is 4.79 Å². The normalized spacial score (nSPS) is 33.6. The summed E-state index contributed by atoms with van der Waals surface area (Å²) in [5.74, 6) is 2.50. The van der Waals surface area contributed by atoms with Crippen LogP contribution in [0.1, 0.15) is 32.8 Å². The molecule has 0 bridgehead atoms. The van der Waals surface area contributed by atoms with Crippen LogP contribution in [0.3, 0.4) is 0 Å². The van der Waals surface area contributed by atoms with Crippen LogP contribution in [0.2, 0.25) is 0 Å². The van der Waals surface area contributed by atoms with Gasteiger partial charge in [0.05, 0.1) is 7.11 Å². The number of allylic oxidation sites excluding steroid dienone is 1. The first kappa shape index (κ1) is 13.4. The minimum atomic E-state index is 0.149. The van der Waals surface area contributed by atoms with Crippen molar-refractivity contribution >= 4 is 11.9 Å². The van der Waals surface area contributed by atoms with E-state index in [2.05, 4.69) is 26.8 Å². The minimum absolute atomic E-state index is 0.149. The summed E-state index contributed by atoms with van der Waals surface area (Å²) in [5.41, 5.74) is 2.29. The Kier molecular flexibility index (Phi) is 3.00. The molecular formula is C18H22O2. The van der Waals surface area contributed by atoms with Gasteiger partial charge in [-0.1, -0.05) is 32.9 Å². The van der Waals surface area contributed by atoms with Crippen molar-refractivity contribution in [2.24, 2.45) is 23.2 Å². The summed E-state index contributed by atoms with van der Waals surface area (Å²) in [6.07, 6.45) is 3.28. The lowest BCUT2D eigenvalue weighted by Crippen LogP contribution is -2.15. The molecule has 2 fully saturated rings. The van der Waals surface area contributed by atoms with Crippen LogP contribution < -0.4 is 4.74 Å². The standard InChI is InChI=1S/C18H22O2/c1-11(2)18-10-16(18)12(3)17(19)15(18)9-13-5-7-14(20-4)8-6-13/h5-9,11-12,16H,10H2,1-4H3/b15-9+. The molecule has 2 aliphatic carbocycles. The van der Waals surface area contributed by atoms with Gasteiger partial charge >= 0.3 is 0 Å². The number of rotatable bonds is 3. The number of fused-ring (bicyclic) bond motifs is 1. The molecule has 2 aliphatic rings. The lowest BCUT2D eigenvalue weighted by atomic mass is 9.84. The fourth-order valence-corrected chi connectivity index (χ4v) is 3.94. The highest BCUT2D eigenvalue weighted by atomic mass is 16.5. The maximum absolute atomic E-state index is 12.5. The summed E-state index contributed by atoms with van der Waals surface area (Å²) in [5, 5.41) is 0. The molecular weight excluding hydrogens is 248 g/mol. The Morgan fingerprint density at radius 1 is 1.30 bits per heavy atom. The summed E-state index contributed by atoms with van der Waals surface area (Å²) in [6.45, 7) is 6.58. The second kappa shape index (κ2) is 4.47. The first-order valence-corrected chi connectivity index (χ1v) is 7.41. The molecule has 0 aliphatic heterocycles. The minimum Gasteiger partial charge on any atom is -0.497 e. The topological polar surface area (TPSA) is 26.3 Å².